The molecule has 0 bridgehead atoms. The minimum Gasteiger partial charge on any atom is -0.494 e. The normalized spacial score (nSPS) is 16.6. The summed E-state index contributed by atoms with van der Waals surface area (Å²) >= 11 is 0. The molecule has 1 amide bonds. The Labute approximate surface area is 165 Å². The van der Waals surface area contributed by atoms with Gasteiger partial charge in [-0.15, -0.1) is 0 Å². The Kier molecular flexibility index (Phi) is 5.69. The summed E-state index contributed by atoms with van der Waals surface area (Å²) in [6.45, 7) is 3.96. The third-order valence-electron chi connectivity index (χ3n) is 4.29. The molecule has 1 aliphatic rings. The van der Waals surface area contributed by atoms with Crippen molar-refractivity contribution < 1.29 is 17.9 Å². The van der Waals surface area contributed by atoms with Crippen molar-refractivity contribution in [3.05, 3.63) is 59.7 Å². The minimum absolute atomic E-state index is 0.160. The zero-order valence-corrected chi connectivity index (χ0v) is 16.9. The molecule has 2 aromatic rings. The van der Waals surface area contributed by atoms with Crippen LogP contribution in [0.1, 0.15) is 37.4 Å². The number of benzene rings is 2. The zero-order chi connectivity index (χ0) is 20.3. The molecular formula is C20H23N3O4S. The van der Waals surface area contributed by atoms with E-state index in [2.05, 4.69) is 9.82 Å². The number of rotatable bonds is 6. The molecule has 1 N–H and O–H groups in total. The Bertz CT molecular complexity index is 1020. The molecule has 3 rings (SSSR count). The lowest BCUT2D eigenvalue weighted by molar-refractivity contribution is -0.130. The maximum absolute atomic E-state index is 12.2. The fourth-order valence-corrected chi connectivity index (χ4v) is 3.74. The lowest BCUT2D eigenvalue weighted by Gasteiger charge is -2.21. The van der Waals surface area contributed by atoms with E-state index in [1.807, 2.05) is 37.3 Å². The number of sulfonamides is 1. The number of anilines is 1. The Morgan fingerprint density at radius 1 is 1.25 bits per heavy atom. The molecule has 28 heavy (non-hydrogen) atoms. The lowest BCUT2D eigenvalue weighted by atomic mass is 9.98. The topological polar surface area (TPSA) is 88.1 Å². The summed E-state index contributed by atoms with van der Waals surface area (Å²) in [4.78, 5) is 12.2. The Morgan fingerprint density at radius 2 is 2.00 bits per heavy atom. The van der Waals surface area contributed by atoms with Crippen LogP contribution in [0.15, 0.2) is 53.6 Å². The summed E-state index contributed by atoms with van der Waals surface area (Å²) in [5.41, 5.74) is 2.88. The van der Waals surface area contributed by atoms with Crippen LogP contribution in [0.5, 0.6) is 5.75 Å². The second-order valence-corrected chi connectivity index (χ2v) is 8.34. The second-order valence-electron chi connectivity index (χ2n) is 6.59. The van der Waals surface area contributed by atoms with Crippen molar-refractivity contribution in [1.82, 2.24) is 5.01 Å². The van der Waals surface area contributed by atoms with Crippen LogP contribution in [0.25, 0.3) is 0 Å². The summed E-state index contributed by atoms with van der Waals surface area (Å²) in [5, 5.41) is 5.98. The van der Waals surface area contributed by atoms with Gasteiger partial charge in [-0.25, -0.2) is 13.4 Å². The van der Waals surface area contributed by atoms with Crippen LogP contribution in [0.2, 0.25) is 0 Å². The van der Waals surface area contributed by atoms with E-state index in [9.17, 15) is 13.2 Å². The number of hydrogen-bond acceptors (Lipinski definition) is 5. The molecule has 0 saturated heterocycles. The number of carbonyl (C=O) groups excluding carboxylic acids is 1. The molecule has 0 spiro atoms. The molecule has 1 atom stereocenters. The van der Waals surface area contributed by atoms with Gasteiger partial charge in [-0.1, -0.05) is 24.3 Å². The first-order valence-electron chi connectivity index (χ1n) is 8.95. The second kappa shape index (κ2) is 8.02. The first-order chi connectivity index (χ1) is 13.3. The van der Waals surface area contributed by atoms with Gasteiger partial charge in [-0.3, -0.25) is 9.52 Å². The number of hydrazone groups is 1. The van der Waals surface area contributed by atoms with E-state index in [0.717, 1.165) is 28.8 Å². The van der Waals surface area contributed by atoms with Crippen LogP contribution in [-0.4, -0.2) is 37.9 Å². The van der Waals surface area contributed by atoms with Gasteiger partial charge in [0.1, 0.15) is 5.75 Å². The summed E-state index contributed by atoms with van der Waals surface area (Å²) in [7, 11) is -3.37. The van der Waals surface area contributed by atoms with Crippen molar-refractivity contribution >= 4 is 27.3 Å². The van der Waals surface area contributed by atoms with Gasteiger partial charge >= 0.3 is 0 Å². The van der Waals surface area contributed by atoms with Gasteiger partial charge in [-0.05, 0) is 42.3 Å². The van der Waals surface area contributed by atoms with Crippen molar-refractivity contribution in [2.24, 2.45) is 5.10 Å². The fraction of sp³-hybridized carbons (Fsp3) is 0.300. The number of ether oxygens (including phenoxy) is 1. The average molecular weight is 401 g/mol. The minimum atomic E-state index is -3.37. The Hall–Kier alpha value is -2.87. The van der Waals surface area contributed by atoms with E-state index >= 15 is 0 Å². The molecule has 1 heterocycles. The molecule has 0 fully saturated rings. The van der Waals surface area contributed by atoms with Crippen LogP contribution in [0.4, 0.5) is 5.69 Å². The highest BCUT2D eigenvalue weighted by Gasteiger charge is 2.31. The standard InChI is InChI=1S/C20H23N3O4S/c1-4-27-18-10-6-8-16(12-18)20-13-19(21-23(20)14(2)24)15-7-5-9-17(11-15)22-28(3,25)26/h5-12,20,22H,4,13H2,1-3H3. The van der Waals surface area contributed by atoms with Crippen LogP contribution >= 0.6 is 0 Å². The van der Waals surface area contributed by atoms with Gasteiger partial charge in [-0.2, -0.15) is 5.10 Å². The molecule has 1 unspecified atom stereocenters. The summed E-state index contributed by atoms with van der Waals surface area (Å²) < 4.78 is 31.0. The highest BCUT2D eigenvalue weighted by Crippen LogP contribution is 2.34. The molecular weight excluding hydrogens is 378 g/mol. The molecule has 0 aromatic heterocycles. The smallest absolute Gasteiger partial charge is 0.240 e. The first-order valence-corrected chi connectivity index (χ1v) is 10.8. The number of nitrogens with zero attached hydrogens (tertiary/aromatic N) is 2. The summed E-state index contributed by atoms with van der Waals surface area (Å²) in [6.07, 6.45) is 1.63. The summed E-state index contributed by atoms with van der Waals surface area (Å²) in [5.74, 6) is 0.587. The SMILES string of the molecule is CCOc1cccc(C2CC(c3cccc(NS(C)(=O)=O)c3)=NN2C(C)=O)c1. The van der Waals surface area contributed by atoms with E-state index in [1.54, 1.807) is 18.2 Å². The average Bonchev–Trinajstić information content (AvgIpc) is 3.07. The van der Waals surface area contributed by atoms with Gasteiger partial charge < -0.3 is 4.74 Å². The van der Waals surface area contributed by atoms with Crippen LogP contribution < -0.4 is 9.46 Å². The van der Waals surface area contributed by atoms with Crippen molar-refractivity contribution in [3.63, 3.8) is 0 Å². The molecule has 8 heteroatoms. The van der Waals surface area contributed by atoms with E-state index in [1.165, 1.54) is 11.9 Å². The van der Waals surface area contributed by atoms with Crippen LogP contribution in [0, 0.1) is 0 Å². The zero-order valence-electron chi connectivity index (χ0n) is 16.0. The van der Waals surface area contributed by atoms with E-state index in [0.29, 0.717) is 18.7 Å². The van der Waals surface area contributed by atoms with E-state index in [-0.39, 0.29) is 11.9 Å². The maximum Gasteiger partial charge on any atom is 0.240 e. The quantitative estimate of drug-likeness (QED) is 0.805. The predicted molar refractivity (Wildman–Crippen MR) is 109 cm³/mol. The fourth-order valence-electron chi connectivity index (χ4n) is 3.19. The predicted octanol–water partition coefficient (Wildman–Crippen LogP) is 3.15. The Balaban J connectivity index is 1.91. The van der Waals surface area contributed by atoms with E-state index < -0.39 is 10.0 Å². The van der Waals surface area contributed by atoms with Gasteiger partial charge in [0.25, 0.3) is 0 Å². The number of nitrogens with one attached hydrogen (secondary N) is 1. The van der Waals surface area contributed by atoms with Crippen molar-refractivity contribution in [1.29, 1.82) is 0 Å². The number of carbonyl (C=O) groups is 1. The maximum atomic E-state index is 12.2. The highest BCUT2D eigenvalue weighted by atomic mass is 32.2. The molecule has 0 aliphatic carbocycles. The highest BCUT2D eigenvalue weighted by molar-refractivity contribution is 7.92. The summed E-state index contributed by atoms with van der Waals surface area (Å²) in [6, 6.07) is 14.4. The van der Waals surface area contributed by atoms with Gasteiger partial charge in [0, 0.05) is 19.0 Å². The third-order valence-corrected chi connectivity index (χ3v) is 4.89. The largest absolute Gasteiger partial charge is 0.494 e. The van der Waals surface area contributed by atoms with Gasteiger partial charge in [0.05, 0.1) is 24.6 Å². The molecule has 0 saturated carbocycles. The number of amides is 1. The van der Waals surface area contributed by atoms with Crippen LogP contribution in [-0.2, 0) is 14.8 Å². The van der Waals surface area contributed by atoms with Crippen LogP contribution in [0.3, 0.4) is 0 Å². The van der Waals surface area contributed by atoms with Gasteiger partial charge in [0.2, 0.25) is 15.9 Å². The van der Waals surface area contributed by atoms with Crippen molar-refractivity contribution in [3.8, 4) is 5.75 Å². The monoisotopic (exact) mass is 401 g/mol. The van der Waals surface area contributed by atoms with Gasteiger partial charge in [0.15, 0.2) is 0 Å². The first kappa shape index (κ1) is 19.9. The molecule has 148 valence electrons. The van der Waals surface area contributed by atoms with Crippen molar-refractivity contribution in [2.75, 3.05) is 17.6 Å². The van der Waals surface area contributed by atoms with Crippen molar-refractivity contribution in [2.45, 2.75) is 26.3 Å². The molecule has 2 aromatic carbocycles. The lowest BCUT2D eigenvalue weighted by Crippen LogP contribution is -2.24. The molecule has 0 radical (unpaired) electrons. The molecule has 7 nitrogen and oxygen atoms in total. The Morgan fingerprint density at radius 3 is 2.68 bits per heavy atom. The molecule has 1 aliphatic heterocycles. The third kappa shape index (κ3) is 4.69. The number of hydrogen-bond donors (Lipinski definition) is 1. The van der Waals surface area contributed by atoms with E-state index in [4.69, 9.17) is 4.74 Å².